The molecule has 0 saturated carbocycles. The fourth-order valence-electron chi connectivity index (χ4n) is 1.96. The van der Waals surface area contributed by atoms with Crippen molar-refractivity contribution in [3.05, 3.63) is 0 Å². The number of hydrogen-bond donors (Lipinski definition) is 1. The molecule has 0 bridgehead atoms. The smallest absolute Gasteiger partial charge is 0.156 e. The third-order valence-electron chi connectivity index (χ3n) is 3.04. The standard InChI is InChI=1S/C11H16N2O/c1-4-5-13-7-9(2)11(14,8-12)6-10(13)3/h1,9-10,14H,5-7H2,2-3H3/t9-,10-,11+/m0/s1. The fourth-order valence-corrected chi connectivity index (χ4v) is 1.96. The van der Waals surface area contributed by atoms with E-state index in [0.717, 1.165) is 0 Å². The van der Waals surface area contributed by atoms with Crippen LogP contribution in [0.4, 0.5) is 0 Å². The van der Waals surface area contributed by atoms with Crippen LogP contribution in [0.3, 0.4) is 0 Å². The van der Waals surface area contributed by atoms with Gasteiger partial charge in [-0.3, -0.25) is 4.90 Å². The summed E-state index contributed by atoms with van der Waals surface area (Å²) < 4.78 is 0. The molecule has 76 valence electrons. The molecule has 1 saturated heterocycles. The summed E-state index contributed by atoms with van der Waals surface area (Å²) in [6.45, 7) is 5.16. The Morgan fingerprint density at radius 3 is 2.79 bits per heavy atom. The van der Waals surface area contributed by atoms with Gasteiger partial charge in [-0.1, -0.05) is 12.8 Å². The van der Waals surface area contributed by atoms with E-state index < -0.39 is 5.60 Å². The number of terminal acetylenes is 1. The highest BCUT2D eigenvalue weighted by molar-refractivity contribution is 5.09. The fraction of sp³-hybridized carbons (Fsp3) is 0.727. The van der Waals surface area contributed by atoms with E-state index in [1.807, 2.05) is 19.9 Å². The largest absolute Gasteiger partial charge is 0.375 e. The molecule has 0 spiro atoms. The predicted molar refractivity (Wildman–Crippen MR) is 54.2 cm³/mol. The van der Waals surface area contributed by atoms with Crippen LogP contribution in [0.15, 0.2) is 0 Å². The Morgan fingerprint density at radius 2 is 2.29 bits per heavy atom. The lowest BCUT2D eigenvalue weighted by atomic mass is 9.80. The molecule has 3 heteroatoms. The van der Waals surface area contributed by atoms with Gasteiger partial charge in [-0.2, -0.15) is 5.26 Å². The van der Waals surface area contributed by atoms with E-state index in [1.54, 1.807) is 0 Å². The maximum absolute atomic E-state index is 9.97. The highest BCUT2D eigenvalue weighted by Crippen LogP contribution is 2.30. The van der Waals surface area contributed by atoms with Crippen molar-refractivity contribution in [2.45, 2.75) is 31.9 Å². The van der Waals surface area contributed by atoms with Crippen LogP contribution in [0.1, 0.15) is 20.3 Å². The van der Waals surface area contributed by atoms with Crippen LogP contribution in [-0.2, 0) is 0 Å². The van der Waals surface area contributed by atoms with Crippen LogP contribution in [0.5, 0.6) is 0 Å². The molecule has 0 aromatic heterocycles. The van der Waals surface area contributed by atoms with Crippen LogP contribution >= 0.6 is 0 Å². The molecule has 14 heavy (non-hydrogen) atoms. The number of rotatable bonds is 1. The van der Waals surface area contributed by atoms with Crippen molar-refractivity contribution in [3.8, 4) is 18.4 Å². The quantitative estimate of drug-likeness (QED) is 0.489. The zero-order valence-corrected chi connectivity index (χ0v) is 8.70. The predicted octanol–water partition coefficient (Wildman–Crippen LogP) is 0.605. The first-order valence-corrected chi connectivity index (χ1v) is 4.84. The molecule has 1 heterocycles. The molecule has 1 fully saturated rings. The van der Waals surface area contributed by atoms with Gasteiger partial charge < -0.3 is 5.11 Å². The molecule has 0 aromatic rings. The first-order chi connectivity index (χ1) is 6.53. The van der Waals surface area contributed by atoms with Gasteiger partial charge in [-0.25, -0.2) is 0 Å². The van der Waals surface area contributed by atoms with Crippen LogP contribution in [0, 0.1) is 29.6 Å². The van der Waals surface area contributed by atoms with E-state index >= 15 is 0 Å². The van der Waals surface area contributed by atoms with Crippen molar-refractivity contribution >= 4 is 0 Å². The molecule has 0 amide bonds. The van der Waals surface area contributed by atoms with Gasteiger partial charge in [0.1, 0.15) is 0 Å². The lowest BCUT2D eigenvalue weighted by molar-refractivity contribution is -0.0402. The summed E-state index contributed by atoms with van der Waals surface area (Å²) >= 11 is 0. The molecule has 1 aliphatic heterocycles. The molecule has 1 N–H and O–H groups in total. The second kappa shape index (κ2) is 4.00. The van der Waals surface area contributed by atoms with E-state index in [9.17, 15) is 5.11 Å². The van der Waals surface area contributed by atoms with Crippen LogP contribution in [0.2, 0.25) is 0 Å². The van der Waals surface area contributed by atoms with Gasteiger partial charge in [0.2, 0.25) is 0 Å². The second-order valence-electron chi connectivity index (χ2n) is 4.12. The lowest BCUT2D eigenvalue weighted by Gasteiger charge is -2.42. The summed E-state index contributed by atoms with van der Waals surface area (Å²) in [4.78, 5) is 2.12. The Kier molecular flexibility index (Phi) is 3.16. The van der Waals surface area contributed by atoms with Crippen molar-refractivity contribution in [3.63, 3.8) is 0 Å². The Bertz CT molecular complexity index is 289. The van der Waals surface area contributed by atoms with Crippen molar-refractivity contribution < 1.29 is 5.11 Å². The first kappa shape index (κ1) is 11.0. The van der Waals surface area contributed by atoms with Crippen molar-refractivity contribution in [1.82, 2.24) is 4.90 Å². The minimum atomic E-state index is -1.18. The second-order valence-corrected chi connectivity index (χ2v) is 4.12. The zero-order valence-electron chi connectivity index (χ0n) is 8.70. The number of hydrogen-bond acceptors (Lipinski definition) is 3. The third-order valence-corrected chi connectivity index (χ3v) is 3.04. The molecule has 3 atom stereocenters. The minimum Gasteiger partial charge on any atom is -0.375 e. The van der Waals surface area contributed by atoms with Crippen LogP contribution in [0.25, 0.3) is 0 Å². The third kappa shape index (κ3) is 1.90. The van der Waals surface area contributed by atoms with Crippen LogP contribution in [-0.4, -0.2) is 34.7 Å². The number of nitrogens with zero attached hydrogens (tertiary/aromatic N) is 2. The highest BCUT2D eigenvalue weighted by atomic mass is 16.3. The molecular formula is C11H16N2O. The highest BCUT2D eigenvalue weighted by Gasteiger charge is 2.42. The maximum atomic E-state index is 9.97. The van der Waals surface area contributed by atoms with Gasteiger partial charge >= 0.3 is 0 Å². The molecule has 0 radical (unpaired) electrons. The van der Waals surface area contributed by atoms with Crippen molar-refractivity contribution in [1.29, 1.82) is 5.26 Å². The topological polar surface area (TPSA) is 47.3 Å². The normalized spacial score (nSPS) is 38.6. The zero-order chi connectivity index (χ0) is 10.8. The monoisotopic (exact) mass is 192 g/mol. The van der Waals surface area contributed by atoms with Gasteiger partial charge in [0.15, 0.2) is 5.60 Å². The average Bonchev–Trinajstić information content (AvgIpc) is 2.15. The molecular weight excluding hydrogens is 176 g/mol. The summed E-state index contributed by atoms with van der Waals surface area (Å²) in [5.41, 5.74) is -1.18. The molecule has 0 unspecified atom stereocenters. The van der Waals surface area contributed by atoms with Crippen LogP contribution < -0.4 is 0 Å². The van der Waals surface area contributed by atoms with Gasteiger partial charge in [-0.05, 0) is 6.92 Å². The minimum absolute atomic E-state index is 0.0444. The molecule has 1 aliphatic rings. The summed E-state index contributed by atoms with van der Waals surface area (Å²) in [7, 11) is 0. The number of nitriles is 1. The SMILES string of the molecule is C#CCN1C[C@H](C)[C@](O)(C#N)C[C@@H]1C. The average molecular weight is 192 g/mol. The van der Waals surface area contributed by atoms with Gasteiger partial charge in [0, 0.05) is 24.9 Å². The number of aliphatic hydroxyl groups is 1. The molecule has 3 nitrogen and oxygen atoms in total. The van der Waals surface area contributed by atoms with E-state index in [4.69, 9.17) is 11.7 Å². The van der Waals surface area contributed by atoms with Gasteiger partial charge in [0.25, 0.3) is 0 Å². The Hall–Kier alpha value is -1.03. The Balaban J connectivity index is 2.74. The van der Waals surface area contributed by atoms with Gasteiger partial charge in [0.05, 0.1) is 12.6 Å². The number of piperidine rings is 1. The number of likely N-dealkylation sites (tertiary alicyclic amines) is 1. The summed E-state index contributed by atoms with van der Waals surface area (Å²) in [6.07, 6.45) is 5.73. The van der Waals surface area contributed by atoms with Crippen molar-refractivity contribution in [2.24, 2.45) is 5.92 Å². The molecule has 1 rings (SSSR count). The van der Waals surface area contributed by atoms with E-state index in [-0.39, 0.29) is 12.0 Å². The summed E-state index contributed by atoms with van der Waals surface area (Å²) in [5, 5.41) is 18.9. The van der Waals surface area contributed by atoms with E-state index in [2.05, 4.69) is 10.8 Å². The molecule has 0 aliphatic carbocycles. The van der Waals surface area contributed by atoms with Crippen molar-refractivity contribution in [2.75, 3.05) is 13.1 Å². The van der Waals surface area contributed by atoms with E-state index in [0.29, 0.717) is 19.5 Å². The van der Waals surface area contributed by atoms with Gasteiger partial charge in [-0.15, -0.1) is 6.42 Å². The maximum Gasteiger partial charge on any atom is 0.156 e. The Morgan fingerprint density at radius 1 is 1.64 bits per heavy atom. The lowest BCUT2D eigenvalue weighted by Crippen LogP contribution is -2.54. The Labute approximate surface area is 85.3 Å². The first-order valence-electron chi connectivity index (χ1n) is 4.84. The summed E-state index contributed by atoms with van der Waals surface area (Å²) in [5.74, 6) is 2.55. The molecule has 0 aromatic carbocycles. The van der Waals surface area contributed by atoms with E-state index in [1.165, 1.54) is 0 Å². The summed E-state index contributed by atoms with van der Waals surface area (Å²) in [6, 6.07) is 2.17.